The van der Waals surface area contributed by atoms with Crippen molar-refractivity contribution in [2.24, 2.45) is 5.92 Å². The van der Waals surface area contributed by atoms with Gasteiger partial charge in [0.05, 0.1) is 18.8 Å². The lowest BCUT2D eigenvalue weighted by Gasteiger charge is -2.15. The van der Waals surface area contributed by atoms with E-state index in [2.05, 4.69) is 69.4 Å². The lowest BCUT2D eigenvalue weighted by atomic mass is 10.00. The van der Waals surface area contributed by atoms with Gasteiger partial charge in [-0.05, 0) is 57.3 Å². The number of hydrogen-bond acceptors (Lipinski definition) is 6. The predicted octanol–water partition coefficient (Wildman–Crippen LogP) is 9.29. The molecule has 1 heterocycles. The van der Waals surface area contributed by atoms with Gasteiger partial charge in [0.1, 0.15) is 6.61 Å². The van der Waals surface area contributed by atoms with E-state index in [0.29, 0.717) is 25.0 Å². The number of esters is 2. The Morgan fingerprint density at radius 2 is 1.30 bits per heavy atom. The molecule has 1 aliphatic heterocycles. The van der Waals surface area contributed by atoms with E-state index in [4.69, 9.17) is 14.2 Å². The number of ether oxygens (including phenoxy) is 3. The van der Waals surface area contributed by atoms with E-state index in [9.17, 15) is 14.7 Å². The van der Waals surface area contributed by atoms with Crippen molar-refractivity contribution < 1.29 is 28.9 Å². The standard InChI is InChI=1S/C38H62O6/c1-4-6-21-27-35-36(44-35)28-23-18-13-11-9-7-8-10-12-14-19-24-29-37(40)42-32-34(31-39)43-38(41)30-25-20-16-15-17-22-26-33(3)5-2/h6,8-11,14,18-19,21,23,33-36,39H,4-5,7,12-13,15-17,20,22,24-32H2,1-3H3/b10-8-,11-9-,19-14-,21-6-,23-18-/t33?,34-,35?,36?/m0/s1. The molecular weight excluding hydrogens is 552 g/mol. The molecule has 250 valence electrons. The lowest BCUT2D eigenvalue weighted by Crippen LogP contribution is -2.28. The van der Waals surface area contributed by atoms with E-state index >= 15 is 0 Å². The third kappa shape index (κ3) is 23.9. The molecular formula is C38H62O6. The highest BCUT2D eigenvalue weighted by atomic mass is 16.6. The minimum Gasteiger partial charge on any atom is -0.462 e. The number of aliphatic hydroxyl groups is 1. The van der Waals surface area contributed by atoms with Gasteiger partial charge in [-0.15, -0.1) is 0 Å². The number of allylic oxidation sites excluding steroid dienone is 8. The van der Waals surface area contributed by atoms with Gasteiger partial charge >= 0.3 is 11.9 Å². The average Bonchev–Trinajstić information content (AvgIpc) is 3.78. The highest BCUT2D eigenvalue weighted by Crippen LogP contribution is 2.29. The van der Waals surface area contributed by atoms with E-state index in [0.717, 1.165) is 63.7 Å². The van der Waals surface area contributed by atoms with Gasteiger partial charge in [0.25, 0.3) is 0 Å². The number of rotatable bonds is 28. The Bertz CT molecular complexity index is 871. The van der Waals surface area contributed by atoms with Gasteiger partial charge in [0, 0.05) is 12.8 Å². The van der Waals surface area contributed by atoms with E-state index in [1.807, 2.05) is 12.2 Å². The van der Waals surface area contributed by atoms with Crippen molar-refractivity contribution >= 4 is 11.9 Å². The zero-order valence-electron chi connectivity index (χ0n) is 28.0. The summed E-state index contributed by atoms with van der Waals surface area (Å²) in [5.41, 5.74) is 0. The fourth-order valence-corrected chi connectivity index (χ4v) is 4.65. The van der Waals surface area contributed by atoms with Gasteiger partial charge < -0.3 is 19.3 Å². The van der Waals surface area contributed by atoms with Crippen LogP contribution in [0.15, 0.2) is 60.8 Å². The van der Waals surface area contributed by atoms with Crippen molar-refractivity contribution in [1.29, 1.82) is 0 Å². The van der Waals surface area contributed by atoms with Crippen LogP contribution < -0.4 is 0 Å². The van der Waals surface area contributed by atoms with Crippen LogP contribution in [0, 0.1) is 5.92 Å². The first-order valence-corrected chi connectivity index (χ1v) is 17.4. The lowest BCUT2D eigenvalue weighted by molar-refractivity contribution is -0.161. The van der Waals surface area contributed by atoms with Crippen LogP contribution in [0.5, 0.6) is 0 Å². The molecule has 1 fully saturated rings. The fraction of sp³-hybridized carbons (Fsp3) is 0.684. The first-order chi connectivity index (χ1) is 21.5. The Hall–Kier alpha value is -2.44. The highest BCUT2D eigenvalue weighted by molar-refractivity contribution is 5.70. The SMILES string of the molecule is CC/C=C\CC1OC1C/C=C\C/C=C\C/C=C\C/C=C\CCC(=O)OC[C@H](CO)OC(=O)CCCCCCCCC(C)CC. The van der Waals surface area contributed by atoms with E-state index < -0.39 is 6.10 Å². The summed E-state index contributed by atoms with van der Waals surface area (Å²) in [6, 6.07) is 0. The van der Waals surface area contributed by atoms with Gasteiger partial charge in [-0.3, -0.25) is 9.59 Å². The molecule has 6 nitrogen and oxygen atoms in total. The molecule has 1 aliphatic rings. The summed E-state index contributed by atoms with van der Waals surface area (Å²) in [4.78, 5) is 24.1. The number of hydrogen-bond donors (Lipinski definition) is 1. The topological polar surface area (TPSA) is 85.4 Å². The summed E-state index contributed by atoms with van der Waals surface area (Å²) in [6.07, 6.45) is 37.6. The number of carbonyl (C=O) groups excluding carboxylic acids is 2. The van der Waals surface area contributed by atoms with Crippen LogP contribution in [0.1, 0.15) is 130 Å². The highest BCUT2D eigenvalue weighted by Gasteiger charge is 2.35. The van der Waals surface area contributed by atoms with Crippen molar-refractivity contribution in [2.45, 2.75) is 148 Å². The van der Waals surface area contributed by atoms with E-state index in [1.54, 1.807) is 0 Å². The molecule has 6 heteroatoms. The van der Waals surface area contributed by atoms with Crippen LogP contribution in [-0.2, 0) is 23.8 Å². The first-order valence-electron chi connectivity index (χ1n) is 17.4. The zero-order chi connectivity index (χ0) is 32.1. The number of carbonyl (C=O) groups is 2. The molecule has 0 radical (unpaired) electrons. The molecule has 0 amide bonds. The quantitative estimate of drug-likeness (QED) is 0.0409. The Kier molecular flexibility index (Phi) is 25.2. The summed E-state index contributed by atoms with van der Waals surface area (Å²) in [6.45, 7) is 6.22. The second-order valence-corrected chi connectivity index (χ2v) is 11.8. The molecule has 0 aromatic carbocycles. The zero-order valence-corrected chi connectivity index (χ0v) is 28.0. The molecule has 0 saturated carbocycles. The maximum atomic E-state index is 12.1. The molecule has 1 saturated heterocycles. The van der Waals surface area contributed by atoms with Crippen molar-refractivity contribution in [2.75, 3.05) is 13.2 Å². The normalized spacial score (nSPS) is 18.3. The smallest absolute Gasteiger partial charge is 0.306 e. The maximum Gasteiger partial charge on any atom is 0.306 e. The molecule has 0 spiro atoms. The summed E-state index contributed by atoms with van der Waals surface area (Å²) in [7, 11) is 0. The summed E-state index contributed by atoms with van der Waals surface area (Å²) < 4.78 is 16.1. The van der Waals surface area contributed by atoms with Crippen LogP contribution in [-0.4, -0.2) is 48.6 Å². The van der Waals surface area contributed by atoms with Crippen LogP contribution >= 0.6 is 0 Å². The van der Waals surface area contributed by atoms with E-state index in [1.165, 1.54) is 32.1 Å². The molecule has 0 bridgehead atoms. The third-order valence-corrected chi connectivity index (χ3v) is 7.78. The van der Waals surface area contributed by atoms with Crippen LogP contribution in [0.2, 0.25) is 0 Å². The minimum absolute atomic E-state index is 0.112. The molecule has 44 heavy (non-hydrogen) atoms. The van der Waals surface area contributed by atoms with Gasteiger partial charge in [-0.25, -0.2) is 0 Å². The molecule has 0 aliphatic carbocycles. The molecule has 4 atom stereocenters. The summed E-state index contributed by atoms with van der Waals surface area (Å²) >= 11 is 0. The second-order valence-electron chi connectivity index (χ2n) is 11.8. The number of epoxide rings is 1. The van der Waals surface area contributed by atoms with Crippen molar-refractivity contribution in [3.63, 3.8) is 0 Å². The summed E-state index contributed by atoms with van der Waals surface area (Å²) in [5, 5.41) is 9.49. The van der Waals surface area contributed by atoms with Crippen molar-refractivity contribution in [3.8, 4) is 0 Å². The second kappa shape index (κ2) is 28.1. The number of unbranched alkanes of at least 4 members (excludes halogenated alkanes) is 5. The van der Waals surface area contributed by atoms with Crippen LogP contribution in [0.3, 0.4) is 0 Å². The first kappa shape index (κ1) is 39.6. The van der Waals surface area contributed by atoms with Gasteiger partial charge in [0.2, 0.25) is 0 Å². The van der Waals surface area contributed by atoms with Crippen molar-refractivity contribution in [1.82, 2.24) is 0 Å². The number of aliphatic hydroxyl groups excluding tert-OH is 1. The molecule has 1 rings (SSSR count). The summed E-state index contributed by atoms with van der Waals surface area (Å²) in [5.74, 6) is 0.111. The van der Waals surface area contributed by atoms with E-state index in [-0.39, 0.29) is 31.6 Å². The predicted molar refractivity (Wildman–Crippen MR) is 181 cm³/mol. The fourth-order valence-electron chi connectivity index (χ4n) is 4.65. The molecule has 0 aromatic heterocycles. The molecule has 3 unspecified atom stereocenters. The van der Waals surface area contributed by atoms with Crippen molar-refractivity contribution in [3.05, 3.63) is 60.8 Å². The minimum atomic E-state index is -0.805. The van der Waals surface area contributed by atoms with Crippen LogP contribution in [0.25, 0.3) is 0 Å². The third-order valence-electron chi connectivity index (χ3n) is 7.78. The Morgan fingerprint density at radius 3 is 1.91 bits per heavy atom. The largest absolute Gasteiger partial charge is 0.462 e. The molecule has 0 aromatic rings. The Balaban J connectivity index is 1.98. The Morgan fingerprint density at radius 1 is 0.727 bits per heavy atom. The average molecular weight is 615 g/mol. The Labute approximate surface area is 268 Å². The van der Waals surface area contributed by atoms with Gasteiger partial charge in [-0.1, -0.05) is 126 Å². The van der Waals surface area contributed by atoms with Gasteiger partial charge in [0.15, 0.2) is 6.10 Å². The maximum absolute atomic E-state index is 12.1. The van der Waals surface area contributed by atoms with Gasteiger partial charge in [-0.2, -0.15) is 0 Å². The monoisotopic (exact) mass is 614 g/mol. The molecule has 1 N–H and O–H groups in total. The van der Waals surface area contributed by atoms with Crippen LogP contribution in [0.4, 0.5) is 0 Å².